The lowest BCUT2D eigenvalue weighted by molar-refractivity contribution is 0.0615. The van der Waals surface area contributed by atoms with Crippen LogP contribution in [0.3, 0.4) is 0 Å². The van der Waals surface area contributed by atoms with Crippen molar-refractivity contribution in [3.8, 4) is 0 Å². The number of likely N-dealkylation sites (N-methyl/N-ethyl adjacent to an activating group) is 1. The maximum absolute atomic E-state index is 13.5. The summed E-state index contributed by atoms with van der Waals surface area (Å²) in [5, 5.41) is 8.52. The van der Waals surface area contributed by atoms with Crippen LogP contribution in [0.2, 0.25) is 0 Å². The number of ether oxygens (including phenoxy) is 1. The molecule has 1 rings (SSSR count). The van der Waals surface area contributed by atoms with Gasteiger partial charge in [0.05, 0.1) is 25.4 Å². The molecule has 1 aromatic rings. The zero-order valence-electron chi connectivity index (χ0n) is 10.2. The van der Waals surface area contributed by atoms with Crippen LogP contribution >= 0.6 is 0 Å². The Morgan fingerprint density at radius 1 is 1.50 bits per heavy atom. The molecule has 0 aliphatic rings. The van der Waals surface area contributed by atoms with Crippen molar-refractivity contribution in [1.82, 2.24) is 4.90 Å². The van der Waals surface area contributed by atoms with E-state index in [2.05, 4.69) is 0 Å². The lowest BCUT2D eigenvalue weighted by Gasteiger charge is -2.17. The third-order valence-electron chi connectivity index (χ3n) is 2.37. The molecule has 0 saturated heterocycles. The number of aliphatic hydroxyl groups excluding tert-OH is 1. The van der Waals surface area contributed by atoms with E-state index in [1.165, 1.54) is 23.1 Å². The van der Waals surface area contributed by atoms with Crippen LogP contribution in [0, 0.1) is 5.82 Å². The van der Waals surface area contributed by atoms with Gasteiger partial charge in [-0.25, -0.2) is 4.39 Å². The standard InChI is InChI=1S/C12H17FN2O3/c1-15(4-6-18-7-5-16)12(17)10-8-9(14)2-3-11(10)13/h2-3,8,16H,4-7,14H2,1H3. The Hall–Kier alpha value is -1.66. The van der Waals surface area contributed by atoms with Crippen molar-refractivity contribution in [2.75, 3.05) is 39.1 Å². The van der Waals surface area contributed by atoms with E-state index in [1.807, 2.05) is 0 Å². The van der Waals surface area contributed by atoms with Crippen molar-refractivity contribution in [1.29, 1.82) is 0 Å². The molecular weight excluding hydrogens is 239 g/mol. The van der Waals surface area contributed by atoms with E-state index >= 15 is 0 Å². The molecule has 0 spiro atoms. The van der Waals surface area contributed by atoms with Crippen molar-refractivity contribution < 1.29 is 19.0 Å². The van der Waals surface area contributed by atoms with Crippen LogP contribution in [-0.4, -0.2) is 49.3 Å². The molecule has 0 aliphatic heterocycles. The molecule has 0 aromatic heterocycles. The second kappa shape index (κ2) is 6.93. The van der Waals surface area contributed by atoms with Gasteiger partial charge in [0.1, 0.15) is 5.82 Å². The Morgan fingerprint density at radius 3 is 2.89 bits per heavy atom. The van der Waals surface area contributed by atoms with E-state index in [1.54, 1.807) is 7.05 Å². The Bertz CT molecular complexity index is 412. The summed E-state index contributed by atoms with van der Waals surface area (Å²) in [5.74, 6) is -1.05. The molecule has 1 aromatic carbocycles. The first kappa shape index (κ1) is 14.4. The fourth-order valence-corrected chi connectivity index (χ4v) is 1.38. The van der Waals surface area contributed by atoms with Crippen LogP contribution in [0.5, 0.6) is 0 Å². The molecule has 6 heteroatoms. The van der Waals surface area contributed by atoms with Crippen molar-refractivity contribution in [2.45, 2.75) is 0 Å². The molecule has 0 fully saturated rings. The predicted molar refractivity (Wildman–Crippen MR) is 65.7 cm³/mol. The number of amides is 1. The fourth-order valence-electron chi connectivity index (χ4n) is 1.38. The summed E-state index contributed by atoms with van der Waals surface area (Å²) in [6.07, 6.45) is 0. The zero-order valence-corrected chi connectivity index (χ0v) is 10.2. The first-order valence-corrected chi connectivity index (χ1v) is 5.55. The van der Waals surface area contributed by atoms with Crippen LogP contribution in [-0.2, 0) is 4.74 Å². The van der Waals surface area contributed by atoms with Gasteiger partial charge >= 0.3 is 0 Å². The highest BCUT2D eigenvalue weighted by molar-refractivity contribution is 5.95. The van der Waals surface area contributed by atoms with Gasteiger partial charge in [0, 0.05) is 19.3 Å². The third kappa shape index (κ3) is 3.97. The number of hydrogen-bond donors (Lipinski definition) is 2. The zero-order chi connectivity index (χ0) is 13.5. The number of anilines is 1. The van der Waals surface area contributed by atoms with Crippen molar-refractivity contribution >= 4 is 11.6 Å². The van der Waals surface area contributed by atoms with E-state index in [0.29, 0.717) is 12.2 Å². The Balaban J connectivity index is 2.60. The van der Waals surface area contributed by atoms with Crippen molar-refractivity contribution in [3.05, 3.63) is 29.6 Å². The Morgan fingerprint density at radius 2 is 2.22 bits per heavy atom. The molecule has 18 heavy (non-hydrogen) atoms. The molecule has 0 heterocycles. The van der Waals surface area contributed by atoms with E-state index in [-0.39, 0.29) is 25.4 Å². The summed E-state index contributed by atoms with van der Waals surface area (Å²) in [6.45, 7) is 0.746. The lowest BCUT2D eigenvalue weighted by atomic mass is 10.1. The predicted octanol–water partition coefficient (Wildman–Crippen LogP) is 0.489. The molecular formula is C12H17FN2O3. The maximum Gasteiger partial charge on any atom is 0.256 e. The monoisotopic (exact) mass is 256 g/mol. The first-order valence-electron chi connectivity index (χ1n) is 5.55. The largest absolute Gasteiger partial charge is 0.399 e. The van der Waals surface area contributed by atoms with E-state index < -0.39 is 11.7 Å². The van der Waals surface area contributed by atoms with Crippen LogP contribution in [0.1, 0.15) is 10.4 Å². The van der Waals surface area contributed by atoms with Gasteiger partial charge in [0.15, 0.2) is 0 Å². The number of carbonyl (C=O) groups is 1. The highest BCUT2D eigenvalue weighted by Crippen LogP contribution is 2.13. The van der Waals surface area contributed by atoms with Crippen molar-refractivity contribution in [2.24, 2.45) is 0 Å². The summed E-state index contributed by atoms with van der Waals surface area (Å²) >= 11 is 0. The fraction of sp³-hybridized carbons (Fsp3) is 0.417. The van der Waals surface area contributed by atoms with E-state index in [4.69, 9.17) is 15.6 Å². The third-order valence-corrected chi connectivity index (χ3v) is 2.37. The number of nitrogen functional groups attached to an aromatic ring is 1. The van der Waals surface area contributed by atoms with Crippen LogP contribution in [0.4, 0.5) is 10.1 Å². The quantitative estimate of drug-likeness (QED) is 0.573. The summed E-state index contributed by atoms with van der Waals surface area (Å²) < 4.78 is 18.5. The van der Waals surface area contributed by atoms with Crippen LogP contribution in [0.25, 0.3) is 0 Å². The number of benzene rings is 1. The highest BCUT2D eigenvalue weighted by Gasteiger charge is 2.16. The molecule has 3 N–H and O–H groups in total. The van der Waals surface area contributed by atoms with Gasteiger partial charge in [0.25, 0.3) is 5.91 Å². The van der Waals surface area contributed by atoms with Crippen LogP contribution in [0.15, 0.2) is 18.2 Å². The molecule has 0 radical (unpaired) electrons. The molecule has 0 aliphatic carbocycles. The minimum Gasteiger partial charge on any atom is -0.399 e. The maximum atomic E-state index is 13.5. The van der Waals surface area contributed by atoms with E-state index in [9.17, 15) is 9.18 Å². The molecule has 0 unspecified atom stereocenters. The minimum atomic E-state index is -0.600. The average Bonchev–Trinajstić information content (AvgIpc) is 2.36. The summed E-state index contributed by atoms with van der Waals surface area (Å²) in [5.41, 5.74) is 5.80. The van der Waals surface area contributed by atoms with Gasteiger partial charge in [-0.05, 0) is 18.2 Å². The molecule has 0 bridgehead atoms. The summed E-state index contributed by atoms with van der Waals surface area (Å²) in [4.78, 5) is 13.2. The van der Waals surface area contributed by atoms with Crippen molar-refractivity contribution in [3.63, 3.8) is 0 Å². The van der Waals surface area contributed by atoms with Crippen LogP contribution < -0.4 is 5.73 Å². The van der Waals surface area contributed by atoms with Gasteiger partial charge in [-0.2, -0.15) is 0 Å². The number of aliphatic hydroxyl groups is 1. The average molecular weight is 256 g/mol. The Kier molecular flexibility index (Phi) is 5.54. The number of carbonyl (C=O) groups excluding carboxylic acids is 1. The van der Waals surface area contributed by atoms with Gasteiger partial charge in [-0.15, -0.1) is 0 Å². The molecule has 0 atom stereocenters. The molecule has 5 nitrogen and oxygen atoms in total. The van der Waals surface area contributed by atoms with E-state index in [0.717, 1.165) is 0 Å². The molecule has 1 amide bonds. The number of rotatable bonds is 6. The lowest BCUT2D eigenvalue weighted by Crippen LogP contribution is -2.31. The second-order valence-corrected chi connectivity index (χ2v) is 3.80. The number of nitrogens with two attached hydrogens (primary N) is 1. The smallest absolute Gasteiger partial charge is 0.256 e. The number of hydrogen-bond acceptors (Lipinski definition) is 4. The second-order valence-electron chi connectivity index (χ2n) is 3.80. The number of nitrogens with zero attached hydrogens (tertiary/aromatic N) is 1. The topological polar surface area (TPSA) is 75.8 Å². The summed E-state index contributed by atoms with van der Waals surface area (Å²) in [7, 11) is 1.55. The highest BCUT2D eigenvalue weighted by atomic mass is 19.1. The van der Waals surface area contributed by atoms with Gasteiger partial charge < -0.3 is 20.5 Å². The first-order chi connectivity index (χ1) is 8.56. The number of halogens is 1. The molecule has 0 saturated carbocycles. The minimum absolute atomic E-state index is 0.0559. The Labute approximate surface area is 105 Å². The normalized spacial score (nSPS) is 10.4. The summed E-state index contributed by atoms with van der Waals surface area (Å²) in [6, 6.07) is 3.87. The van der Waals surface area contributed by atoms with Gasteiger partial charge in [-0.3, -0.25) is 4.79 Å². The van der Waals surface area contributed by atoms with Gasteiger partial charge in [-0.1, -0.05) is 0 Å². The molecule has 100 valence electrons. The van der Waals surface area contributed by atoms with Gasteiger partial charge in [0.2, 0.25) is 0 Å². The SMILES string of the molecule is CN(CCOCCO)C(=O)c1cc(N)ccc1F.